The molecule has 2 heterocycles. The zero-order chi connectivity index (χ0) is 18.6. The number of hydrogen-bond donors (Lipinski definition) is 0. The minimum Gasteiger partial charge on any atom is -0.303 e. The van der Waals surface area contributed by atoms with Crippen LogP contribution in [-0.2, 0) is 13.2 Å². The van der Waals surface area contributed by atoms with Crippen LogP contribution in [0.3, 0.4) is 0 Å². The molecule has 0 unspecified atom stereocenters. The van der Waals surface area contributed by atoms with Crippen molar-refractivity contribution in [2.45, 2.75) is 20.1 Å². The number of hydrogen-bond acceptors (Lipinski definition) is 3. The summed E-state index contributed by atoms with van der Waals surface area (Å²) in [6.45, 7) is 4.74. The summed E-state index contributed by atoms with van der Waals surface area (Å²) in [6.07, 6.45) is 3.69. The molecule has 0 saturated heterocycles. The van der Waals surface area contributed by atoms with Gasteiger partial charge in [0.2, 0.25) is 0 Å². The van der Waals surface area contributed by atoms with E-state index >= 15 is 0 Å². The van der Waals surface area contributed by atoms with Crippen molar-refractivity contribution in [3.05, 3.63) is 89.5 Å². The van der Waals surface area contributed by atoms with Gasteiger partial charge in [-0.15, -0.1) is 0 Å². The van der Waals surface area contributed by atoms with E-state index < -0.39 is 0 Å². The van der Waals surface area contributed by atoms with Crippen LogP contribution < -0.4 is 0 Å². The summed E-state index contributed by atoms with van der Waals surface area (Å²) in [5.41, 5.74) is 4.63. The first-order chi connectivity index (χ1) is 13.3. The van der Waals surface area contributed by atoms with Gasteiger partial charge in [-0.05, 0) is 60.7 Å². The Balaban J connectivity index is 1.76. The maximum absolute atomic E-state index is 5.90. The molecule has 0 radical (unpaired) electrons. The Hall–Kier alpha value is -2.76. The molecular weight excluding hydrogens is 352 g/mol. The number of pyridine rings is 1. The highest BCUT2D eigenvalue weighted by Crippen LogP contribution is 2.23. The molecule has 0 N–H and O–H groups in total. The summed E-state index contributed by atoms with van der Waals surface area (Å²) in [5.74, 6) is 0. The zero-order valence-corrected chi connectivity index (χ0v) is 16.1. The largest absolute Gasteiger partial charge is 0.303 e. The molecule has 0 aliphatic heterocycles. The molecule has 0 amide bonds. The molecule has 136 valence electrons. The highest BCUT2D eigenvalue weighted by Gasteiger charge is 2.14. The fourth-order valence-corrected chi connectivity index (χ4v) is 3.74. The van der Waals surface area contributed by atoms with Gasteiger partial charge in [-0.3, -0.25) is 14.5 Å². The molecule has 0 spiro atoms. The number of benzene rings is 2. The number of aromatic nitrogens is 3. The van der Waals surface area contributed by atoms with Gasteiger partial charge in [0, 0.05) is 24.6 Å². The second-order valence-corrected chi connectivity index (χ2v) is 6.88. The van der Waals surface area contributed by atoms with Crippen LogP contribution in [0.25, 0.3) is 16.7 Å². The fraction of sp³-hybridized carbons (Fsp3) is 0.182. The van der Waals surface area contributed by atoms with Crippen molar-refractivity contribution in [1.82, 2.24) is 19.0 Å². The summed E-state index contributed by atoms with van der Waals surface area (Å²) in [6, 6.07) is 22.9. The average Bonchev–Trinajstić information content (AvgIpc) is 3.00. The van der Waals surface area contributed by atoms with Gasteiger partial charge in [-0.25, -0.2) is 0 Å². The lowest BCUT2D eigenvalue weighted by Crippen LogP contribution is -2.26. The monoisotopic (exact) mass is 374 g/mol. The Morgan fingerprint density at radius 3 is 2.26 bits per heavy atom. The van der Waals surface area contributed by atoms with Crippen LogP contribution in [-0.4, -0.2) is 25.6 Å². The van der Waals surface area contributed by atoms with Gasteiger partial charge < -0.3 is 4.57 Å². The van der Waals surface area contributed by atoms with Crippen LogP contribution in [0.1, 0.15) is 12.5 Å². The Labute approximate surface area is 164 Å². The second-order valence-electron chi connectivity index (χ2n) is 6.51. The van der Waals surface area contributed by atoms with Crippen LogP contribution in [0.2, 0.25) is 0 Å². The summed E-state index contributed by atoms with van der Waals surface area (Å²) in [5, 5.41) is 0. The maximum Gasteiger partial charge on any atom is 0.186 e. The molecule has 4 nitrogen and oxygen atoms in total. The third-order valence-corrected chi connectivity index (χ3v) is 5.20. The SMILES string of the molecule is CCN(Cc1ccncc1)Cn1c(=S)n(-c2ccccc2)c2ccccc21. The first-order valence-electron chi connectivity index (χ1n) is 9.15. The van der Waals surface area contributed by atoms with E-state index in [1.165, 1.54) is 5.56 Å². The van der Waals surface area contributed by atoms with Crippen LogP contribution in [0.15, 0.2) is 79.1 Å². The van der Waals surface area contributed by atoms with Gasteiger partial charge in [0.1, 0.15) is 0 Å². The summed E-state index contributed by atoms with van der Waals surface area (Å²) in [4.78, 5) is 6.49. The Morgan fingerprint density at radius 2 is 1.56 bits per heavy atom. The second kappa shape index (κ2) is 7.86. The van der Waals surface area contributed by atoms with Crippen molar-refractivity contribution in [3.63, 3.8) is 0 Å². The molecule has 2 aromatic heterocycles. The molecule has 0 atom stereocenters. The normalized spacial score (nSPS) is 11.3. The van der Waals surface area contributed by atoms with E-state index in [2.05, 4.69) is 74.5 Å². The van der Waals surface area contributed by atoms with Crippen molar-refractivity contribution in [3.8, 4) is 5.69 Å². The highest BCUT2D eigenvalue weighted by molar-refractivity contribution is 7.71. The van der Waals surface area contributed by atoms with E-state index in [4.69, 9.17) is 12.2 Å². The van der Waals surface area contributed by atoms with Crippen LogP contribution in [0.5, 0.6) is 0 Å². The smallest absolute Gasteiger partial charge is 0.186 e. The predicted octanol–water partition coefficient (Wildman–Crippen LogP) is 5.04. The first-order valence-corrected chi connectivity index (χ1v) is 9.55. The van der Waals surface area contributed by atoms with E-state index in [0.29, 0.717) is 0 Å². The average molecular weight is 375 g/mol. The number of para-hydroxylation sites is 3. The lowest BCUT2D eigenvalue weighted by Gasteiger charge is -2.21. The summed E-state index contributed by atoms with van der Waals surface area (Å²) < 4.78 is 5.20. The van der Waals surface area contributed by atoms with Gasteiger partial charge >= 0.3 is 0 Å². The van der Waals surface area contributed by atoms with Gasteiger partial charge in [0.25, 0.3) is 0 Å². The van der Waals surface area contributed by atoms with Crippen LogP contribution in [0, 0.1) is 4.77 Å². The van der Waals surface area contributed by atoms with Gasteiger partial charge in [0.05, 0.1) is 17.7 Å². The molecule has 0 aliphatic carbocycles. The van der Waals surface area contributed by atoms with Crippen molar-refractivity contribution >= 4 is 23.3 Å². The standard InChI is InChI=1S/C22H22N4S/c1-2-24(16-18-12-14-23-15-13-18)17-25-20-10-6-7-11-21(20)26(22(25)27)19-8-4-3-5-9-19/h3-15H,2,16-17H2,1H3. The molecule has 27 heavy (non-hydrogen) atoms. The lowest BCUT2D eigenvalue weighted by atomic mass is 10.2. The van der Waals surface area contributed by atoms with Crippen molar-refractivity contribution < 1.29 is 0 Å². The predicted molar refractivity (Wildman–Crippen MR) is 112 cm³/mol. The minimum atomic E-state index is 0.748. The van der Waals surface area contributed by atoms with E-state index in [-0.39, 0.29) is 0 Å². The number of imidazole rings is 1. The molecule has 0 fully saturated rings. The van der Waals surface area contributed by atoms with Crippen LogP contribution >= 0.6 is 12.2 Å². The van der Waals surface area contributed by atoms with E-state index in [9.17, 15) is 0 Å². The number of fused-ring (bicyclic) bond motifs is 1. The zero-order valence-electron chi connectivity index (χ0n) is 15.3. The highest BCUT2D eigenvalue weighted by atomic mass is 32.1. The third kappa shape index (κ3) is 3.56. The Kier molecular flexibility index (Phi) is 5.14. The molecule has 0 aliphatic rings. The lowest BCUT2D eigenvalue weighted by molar-refractivity contribution is 0.222. The van der Waals surface area contributed by atoms with E-state index in [0.717, 1.165) is 41.3 Å². The number of nitrogens with zero attached hydrogens (tertiary/aromatic N) is 4. The minimum absolute atomic E-state index is 0.748. The van der Waals surface area contributed by atoms with Crippen molar-refractivity contribution in [1.29, 1.82) is 0 Å². The maximum atomic E-state index is 5.90. The molecule has 5 heteroatoms. The van der Waals surface area contributed by atoms with Crippen molar-refractivity contribution in [2.75, 3.05) is 6.54 Å². The van der Waals surface area contributed by atoms with E-state index in [1.54, 1.807) is 0 Å². The topological polar surface area (TPSA) is 26.0 Å². The first kappa shape index (κ1) is 17.6. The third-order valence-electron chi connectivity index (χ3n) is 4.79. The Morgan fingerprint density at radius 1 is 0.889 bits per heavy atom. The van der Waals surface area contributed by atoms with Gasteiger partial charge in [-0.1, -0.05) is 37.3 Å². The molecule has 4 rings (SSSR count). The van der Waals surface area contributed by atoms with Gasteiger partial charge in [0.15, 0.2) is 4.77 Å². The van der Waals surface area contributed by atoms with Crippen LogP contribution in [0.4, 0.5) is 0 Å². The molecular formula is C22H22N4S. The fourth-order valence-electron chi connectivity index (χ4n) is 3.38. The molecule has 4 aromatic rings. The summed E-state index contributed by atoms with van der Waals surface area (Å²) >= 11 is 5.90. The number of rotatable bonds is 6. The Bertz CT molecular complexity index is 1080. The van der Waals surface area contributed by atoms with E-state index in [1.807, 2.05) is 30.6 Å². The summed E-state index contributed by atoms with van der Waals surface area (Å²) in [7, 11) is 0. The molecule has 0 saturated carbocycles. The van der Waals surface area contributed by atoms with Crippen molar-refractivity contribution in [2.24, 2.45) is 0 Å². The quantitative estimate of drug-likeness (QED) is 0.443. The molecule has 0 bridgehead atoms. The van der Waals surface area contributed by atoms with Gasteiger partial charge in [-0.2, -0.15) is 0 Å². The molecule has 2 aromatic carbocycles.